The summed E-state index contributed by atoms with van der Waals surface area (Å²) in [5, 5.41) is 0. The fourth-order valence-electron chi connectivity index (χ4n) is 12.0. The monoisotopic (exact) mass is 539 g/mol. The molecule has 0 aromatic rings. The molecule has 4 saturated carbocycles. The quantitative estimate of drug-likeness (QED) is 0.396. The van der Waals surface area contributed by atoms with Crippen molar-refractivity contribution in [3.63, 3.8) is 0 Å². The smallest absolute Gasteiger partial charge is 0.302 e. The number of nitrogens with two attached hydrogens (primary N) is 1. The molecule has 5 aliphatic rings. The van der Waals surface area contributed by atoms with Crippen LogP contribution in [-0.4, -0.2) is 30.2 Å². The second-order valence-electron chi connectivity index (χ2n) is 15.9. The van der Waals surface area contributed by atoms with Crippen molar-refractivity contribution in [3.05, 3.63) is 11.1 Å². The van der Waals surface area contributed by atoms with E-state index in [0.29, 0.717) is 12.3 Å². The number of fused-ring (bicyclic) bond motifs is 7. The summed E-state index contributed by atoms with van der Waals surface area (Å²) in [4.78, 5) is 39.1. The van der Waals surface area contributed by atoms with Crippen molar-refractivity contribution >= 4 is 17.5 Å². The van der Waals surface area contributed by atoms with E-state index in [-0.39, 0.29) is 69.1 Å². The Hall–Kier alpha value is -1.49. The molecule has 0 aromatic carbocycles. The van der Waals surface area contributed by atoms with Crippen molar-refractivity contribution in [1.82, 2.24) is 0 Å². The summed E-state index contributed by atoms with van der Waals surface area (Å²) in [6, 6.07) is 0. The second-order valence-corrected chi connectivity index (χ2v) is 15.9. The van der Waals surface area contributed by atoms with Gasteiger partial charge in [0.15, 0.2) is 11.6 Å². The Morgan fingerprint density at radius 2 is 1.51 bits per heavy atom. The number of carbonyl (C=O) groups is 3. The van der Waals surface area contributed by atoms with Gasteiger partial charge in [-0.15, -0.1) is 0 Å². The Balaban J connectivity index is 1.62. The predicted octanol–water partition coefficient (Wildman–Crippen LogP) is 6.82. The number of Topliss-reactive ketones (excluding diaryl/α,β-unsaturated/α-hetero) is 2. The van der Waals surface area contributed by atoms with Gasteiger partial charge in [-0.25, -0.2) is 0 Å². The highest BCUT2D eigenvalue weighted by Gasteiger charge is 2.74. The molecule has 0 bridgehead atoms. The van der Waals surface area contributed by atoms with E-state index in [0.717, 1.165) is 56.9 Å². The van der Waals surface area contributed by atoms with Crippen LogP contribution in [-0.2, 0) is 19.1 Å². The van der Waals surface area contributed by atoms with Crippen LogP contribution in [0.15, 0.2) is 11.1 Å². The first kappa shape index (κ1) is 29.0. The first-order chi connectivity index (χ1) is 18.0. The van der Waals surface area contributed by atoms with Crippen LogP contribution in [0.5, 0.6) is 0 Å². The van der Waals surface area contributed by atoms with Crippen LogP contribution >= 0.6 is 0 Å². The van der Waals surface area contributed by atoms with Gasteiger partial charge in [0, 0.05) is 18.8 Å². The minimum Gasteiger partial charge on any atom is -0.462 e. The summed E-state index contributed by atoms with van der Waals surface area (Å²) in [5.74, 6) is 0.924. The number of carbonyl (C=O) groups excluding carboxylic acids is 3. The Morgan fingerprint density at radius 3 is 2.10 bits per heavy atom. The van der Waals surface area contributed by atoms with Crippen LogP contribution in [0.3, 0.4) is 0 Å². The van der Waals surface area contributed by atoms with E-state index in [1.165, 1.54) is 12.5 Å². The van der Waals surface area contributed by atoms with E-state index in [1.54, 1.807) is 0 Å². The summed E-state index contributed by atoms with van der Waals surface area (Å²) in [6.07, 6.45) is 8.37. The van der Waals surface area contributed by atoms with Crippen molar-refractivity contribution in [2.24, 2.45) is 56.0 Å². The van der Waals surface area contributed by atoms with Gasteiger partial charge in [-0.2, -0.15) is 0 Å². The van der Waals surface area contributed by atoms with Gasteiger partial charge in [0.2, 0.25) is 0 Å². The highest BCUT2D eigenvalue weighted by atomic mass is 16.5. The van der Waals surface area contributed by atoms with Gasteiger partial charge in [0.05, 0.1) is 12.0 Å². The molecule has 0 unspecified atom stereocenters. The molecule has 0 amide bonds. The summed E-state index contributed by atoms with van der Waals surface area (Å²) >= 11 is 0. The van der Waals surface area contributed by atoms with Crippen LogP contribution < -0.4 is 5.73 Å². The van der Waals surface area contributed by atoms with Crippen LogP contribution in [0.25, 0.3) is 0 Å². The summed E-state index contributed by atoms with van der Waals surface area (Å²) in [7, 11) is 0. The van der Waals surface area contributed by atoms with Crippen molar-refractivity contribution < 1.29 is 19.1 Å². The van der Waals surface area contributed by atoms with Gasteiger partial charge in [-0.3, -0.25) is 14.4 Å². The molecule has 8 atom stereocenters. The van der Waals surface area contributed by atoms with Crippen molar-refractivity contribution in [2.75, 3.05) is 6.54 Å². The zero-order valence-corrected chi connectivity index (χ0v) is 26.1. The molecular weight excluding hydrogens is 486 g/mol. The Bertz CT molecular complexity index is 1140. The molecule has 4 fully saturated rings. The molecule has 0 spiro atoms. The van der Waals surface area contributed by atoms with Gasteiger partial charge in [0.25, 0.3) is 0 Å². The third-order valence-electron chi connectivity index (χ3n) is 14.4. The normalized spacial score (nSPS) is 46.7. The number of hydrogen-bond donors (Lipinski definition) is 1. The number of hydrogen-bond acceptors (Lipinski definition) is 5. The molecule has 39 heavy (non-hydrogen) atoms. The maximum absolute atomic E-state index is 13.6. The molecule has 2 N–H and O–H groups in total. The van der Waals surface area contributed by atoms with E-state index < -0.39 is 5.41 Å². The second kappa shape index (κ2) is 8.76. The van der Waals surface area contributed by atoms with E-state index in [4.69, 9.17) is 10.5 Å². The highest BCUT2D eigenvalue weighted by molar-refractivity contribution is 6.07. The SMILES string of the molecule is CC(=O)O[C@H]1CC[C@@]2(C)[C@@H](CC[C@]3(C)[C@]2(C)CC[C@@H]2C4=C(C(C)C)C(=O)C[C@]4(C(=O)CN)CC[C@]23C)C1(C)C. The van der Waals surface area contributed by atoms with Gasteiger partial charge < -0.3 is 10.5 Å². The summed E-state index contributed by atoms with van der Waals surface area (Å²) < 4.78 is 5.92. The van der Waals surface area contributed by atoms with Crippen molar-refractivity contribution in [3.8, 4) is 0 Å². The number of ether oxygens (including phenoxy) is 1. The number of allylic oxidation sites excluding steroid dienone is 2. The van der Waals surface area contributed by atoms with Crippen molar-refractivity contribution in [2.45, 2.75) is 126 Å². The number of rotatable bonds is 4. The Labute approximate surface area is 236 Å². The van der Waals surface area contributed by atoms with Crippen LogP contribution in [0.1, 0.15) is 120 Å². The van der Waals surface area contributed by atoms with E-state index in [2.05, 4.69) is 55.4 Å². The maximum atomic E-state index is 13.6. The summed E-state index contributed by atoms with van der Waals surface area (Å²) in [6.45, 7) is 20.7. The lowest BCUT2D eigenvalue weighted by Crippen LogP contribution is -2.70. The lowest BCUT2D eigenvalue weighted by molar-refractivity contribution is -0.277. The van der Waals surface area contributed by atoms with E-state index in [1.807, 2.05) is 0 Å². The first-order valence-electron chi connectivity index (χ1n) is 15.7. The first-order valence-corrected chi connectivity index (χ1v) is 15.7. The van der Waals surface area contributed by atoms with Crippen molar-refractivity contribution in [1.29, 1.82) is 0 Å². The van der Waals surface area contributed by atoms with Gasteiger partial charge >= 0.3 is 5.97 Å². The number of ketones is 2. The molecule has 218 valence electrons. The fraction of sp³-hybridized carbons (Fsp3) is 0.853. The zero-order valence-electron chi connectivity index (χ0n) is 26.1. The van der Waals surface area contributed by atoms with Gasteiger partial charge in [-0.05, 0) is 102 Å². The largest absolute Gasteiger partial charge is 0.462 e. The third kappa shape index (κ3) is 3.37. The van der Waals surface area contributed by atoms with Crippen LogP contribution in [0.2, 0.25) is 0 Å². The fourth-order valence-corrected chi connectivity index (χ4v) is 12.0. The minimum atomic E-state index is -0.676. The molecule has 5 heteroatoms. The molecule has 0 aromatic heterocycles. The predicted molar refractivity (Wildman–Crippen MR) is 154 cm³/mol. The Kier molecular flexibility index (Phi) is 6.52. The zero-order chi connectivity index (χ0) is 29.0. The topological polar surface area (TPSA) is 86.5 Å². The maximum Gasteiger partial charge on any atom is 0.302 e. The lowest BCUT2D eigenvalue weighted by Gasteiger charge is -2.76. The molecular formula is C34H53NO4. The van der Waals surface area contributed by atoms with Gasteiger partial charge in [-0.1, -0.05) is 55.4 Å². The van der Waals surface area contributed by atoms with E-state index in [9.17, 15) is 14.4 Å². The minimum absolute atomic E-state index is 0.00330. The average Bonchev–Trinajstić information content (AvgIpc) is 3.15. The lowest BCUT2D eigenvalue weighted by atomic mass is 9.28. The molecule has 0 aliphatic heterocycles. The molecule has 5 rings (SSSR count). The molecule has 5 aliphatic carbocycles. The summed E-state index contributed by atoms with van der Waals surface area (Å²) in [5.41, 5.74) is 7.70. The molecule has 0 heterocycles. The molecule has 0 radical (unpaired) electrons. The molecule has 5 nitrogen and oxygen atoms in total. The molecule has 0 saturated heterocycles. The van der Waals surface area contributed by atoms with E-state index >= 15 is 0 Å². The van der Waals surface area contributed by atoms with Crippen LogP contribution in [0, 0.1) is 50.2 Å². The van der Waals surface area contributed by atoms with Crippen LogP contribution in [0.4, 0.5) is 0 Å². The highest BCUT2D eigenvalue weighted by Crippen LogP contribution is 2.81. The van der Waals surface area contributed by atoms with Gasteiger partial charge in [0.1, 0.15) is 6.10 Å². The average molecular weight is 540 g/mol. The Morgan fingerprint density at radius 1 is 0.897 bits per heavy atom. The third-order valence-corrected chi connectivity index (χ3v) is 14.4. The standard InChI is InChI=1S/C34H53NO4/c1-20(2)27-23(37)18-34(25(38)19-35)17-16-30(6)22(28(27)34)10-14-33(9)31(7)13-12-26(39-21(3)36)29(4,5)24(31)11-15-32(30,33)8/h20,22,24,26H,10-19,35H2,1-9H3/t22-,24+,26+,30-,31+,32+,33-,34+/m1/s1. The number of esters is 1.